The Kier molecular flexibility index (Phi) is 6.13. The monoisotopic (exact) mass is 404 g/mol. The molecule has 3 aromatic carbocycles. The molecule has 0 aliphatic carbocycles. The number of piperazine rings is 1. The lowest BCUT2D eigenvalue weighted by Gasteiger charge is -2.34. The molecule has 0 saturated carbocycles. The molecule has 0 atom stereocenters. The van der Waals surface area contributed by atoms with Gasteiger partial charge in [-0.25, -0.2) is 0 Å². The summed E-state index contributed by atoms with van der Waals surface area (Å²) < 4.78 is 11.2. The fourth-order valence-corrected chi connectivity index (χ4v) is 3.45. The number of hydrogen-bond donors (Lipinski definition) is 0. The van der Waals surface area contributed by atoms with Gasteiger partial charge in [-0.15, -0.1) is 0 Å². The van der Waals surface area contributed by atoms with Crippen molar-refractivity contribution in [2.75, 3.05) is 39.4 Å². The summed E-state index contributed by atoms with van der Waals surface area (Å²) in [6.07, 6.45) is 0. The molecule has 0 bridgehead atoms. The molecule has 0 N–H and O–H groups in total. The van der Waals surface area contributed by atoms with Crippen LogP contribution in [0.3, 0.4) is 0 Å². The molecule has 1 aliphatic rings. The molecule has 0 aromatic heterocycles. The fraction of sp³-hybridized carbons (Fsp3) is 0.250. The van der Waals surface area contributed by atoms with Crippen molar-refractivity contribution in [2.24, 2.45) is 0 Å². The minimum Gasteiger partial charge on any atom is -0.484 e. The molecule has 30 heavy (non-hydrogen) atoms. The number of carbonyl (C=O) groups is 2. The van der Waals surface area contributed by atoms with E-state index in [0.717, 1.165) is 10.8 Å². The topological polar surface area (TPSA) is 59.1 Å². The van der Waals surface area contributed by atoms with Gasteiger partial charge in [0.05, 0.1) is 0 Å². The summed E-state index contributed by atoms with van der Waals surface area (Å²) in [7, 11) is 0. The molecule has 6 nitrogen and oxygen atoms in total. The van der Waals surface area contributed by atoms with Gasteiger partial charge in [0.2, 0.25) is 0 Å². The van der Waals surface area contributed by atoms with E-state index in [-0.39, 0.29) is 25.0 Å². The molecule has 1 saturated heterocycles. The highest BCUT2D eigenvalue weighted by Gasteiger charge is 2.24. The number of benzene rings is 3. The van der Waals surface area contributed by atoms with Crippen molar-refractivity contribution in [3.05, 3.63) is 72.8 Å². The molecule has 4 rings (SSSR count). The zero-order valence-electron chi connectivity index (χ0n) is 16.7. The maximum Gasteiger partial charge on any atom is 0.260 e. The number of rotatable bonds is 6. The SMILES string of the molecule is O=C(COc1ccccc1)N1CCN(C(=O)COc2ccc3ccccc3c2)CC1. The summed E-state index contributed by atoms with van der Waals surface area (Å²) in [5.74, 6) is 1.20. The van der Waals surface area contributed by atoms with Crippen LogP contribution in [0, 0.1) is 0 Å². The number of fused-ring (bicyclic) bond motifs is 1. The van der Waals surface area contributed by atoms with Crippen molar-refractivity contribution in [1.82, 2.24) is 9.80 Å². The largest absolute Gasteiger partial charge is 0.484 e. The molecule has 6 heteroatoms. The number of ether oxygens (including phenoxy) is 2. The smallest absolute Gasteiger partial charge is 0.260 e. The van der Waals surface area contributed by atoms with Gasteiger partial charge in [-0.05, 0) is 35.0 Å². The Morgan fingerprint density at radius 3 is 1.80 bits per heavy atom. The Morgan fingerprint density at radius 2 is 1.17 bits per heavy atom. The second-order valence-electron chi connectivity index (χ2n) is 7.16. The van der Waals surface area contributed by atoms with Gasteiger partial charge in [-0.2, -0.15) is 0 Å². The van der Waals surface area contributed by atoms with Gasteiger partial charge in [-0.1, -0.05) is 48.5 Å². The lowest BCUT2D eigenvalue weighted by Crippen LogP contribution is -2.52. The summed E-state index contributed by atoms with van der Waals surface area (Å²) in [4.78, 5) is 28.3. The summed E-state index contributed by atoms with van der Waals surface area (Å²) in [6, 6.07) is 23.1. The predicted molar refractivity (Wildman–Crippen MR) is 115 cm³/mol. The van der Waals surface area contributed by atoms with Crippen LogP contribution >= 0.6 is 0 Å². The summed E-state index contributed by atoms with van der Waals surface area (Å²) in [6.45, 7) is 1.98. The van der Waals surface area contributed by atoms with E-state index in [4.69, 9.17) is 9.47 Å². The Morgan fingerprint density at radius 1 is 0.633 bits per heavy atom. The van der Waals surface area contributed by atoms with Crippen molar-refractivity contribution in [2.45, 2.75) is 0 Å². The van der Waals surface area contributed by atoms with Crippen LogP contribution in [0.15, 0.2) is 72.8 Å². The lowest BCUT2D eigenvalue weighted by molar-refractivity contribution is -0.141. The summed E-state index contributed by atoms with van der Waals surface area (Å²) >= 11 is 0. The van der Waals surface area contributed by atoms with E-state index < -0.39 is 0 Å². The molecule has 1 fully saturated rings. The minimum absolute atomic E-state index is 0.00301. The molecule has 0 radical (unpaired) electrons. The Balaban J connectivity index is 1.22. The number of carbonyl (C=O) groups excluding carboxylic acids is 2. The lowest BCUT2D eigenvalue weighted by atomic mass is 10.1. The van der Waals surface area contributed by atoms with E-state index in [9.17, 15) is 9.59 Å². The third kappa shape index (κ3) is 4.89. The van der Waals surface area contributed by atoms with Crippen molar-refractivity contribution in [3.8, 4) is 11.5 Å². The zero-order chi connectivity index (χ0) is 20.8. The van der Waals surface area contributed by atoms with E-state index in [1.807, 2.05) is 72.8 Å². The highest BCUT2D eigenvalue weighted by atomic mass is 16.5. The molecule has 1 aliphatic heterocycles. The van der Waals surface area contributed by atoms with Gasteiger partial charge in [0, 0.05) is 26.2 Å². The van der Waals surface area contributed by atoms with Crippen LogP contribution in [0.5, 0.6) is 11.5 Å². The van der Waals surface area contributed by atoms with Crippen molar-refractivity contribution in [3.63, 3.8) is 0 Å². The molecule has 3 aromatic rings. The van der Waals surface area contributed by atoms with Crippen LogP contribution in [0.1, 0.15) is 0 Å². The first kappa shape index (κ1) is 19.8. The number of para-hydroxylation sites is 1. The maximum atomic E-state index is 12.5. The predicted octanol–water partition coefficient (Wildman–Crippen LogP) is 2.97. The highest BCUT2D eigenvalue weighted by Crippen LogP contribution is 2.20. The van der Waals surface area contributed by atoms with Crippen LogP contribution in [0.4, 0.5) is 0 Å². The van der Waals surface area contributed by atoms with E-state index >= 15 is 0 Å². The summed E-state index contributed by atoms with van der Waals surface area (Å²) in [5, 5.41) is 2.21. The highest BCUT2D eigenvalue weighted by molar-refractivity contribution is 5.84. The molecular formula is C24H24N2O4. The average Bonchev–Trinajstić information content (AvgIpc) is 2.81. The van der Waals surface area contributed by atoms with Gasteiger partial charge >= 0.3 is 0 Å². The fourth-order valence-electron chi connectivity index (χ4n) is 3.45. The first-order chi connectivity index (χ1) is 14.7. The third-order valence-electron chi connectivity index (χ3n) is 5.17. The van der Waals surface area contributed by atoms with Crippen LogP contribution in [0.25, 0.3) is 10.8 Å². The van der Waals surface area contributed by atoms with E-state index in [0.29, 0.717) is 37.7 Å². The van der Waals surface area contributed by atoms with Crippen molar-refractivity contribution in [1.29, 1.82) is 0 Å². The second kappa shape index (κ2) is 9.31. The van der Waals surface area contributed by atoms with Crippen LogP contribution in [0.2, 0.25) is 0 Å². The van der Waals surface area contributed by atoms with E-state index in [1.165, 1.54) is 0 Å². The molecule has 154 valence electrons. The molecular weight excluding hydrogens is 380 g/mol. The maximum absolute atomic E-state index is 12.5. The zero-order valence-corrected chi connectivity index (χ0v) is 16.7. The van der Waals surface area contributed by atoms with Gasteiger partial charge in [-0.3, -0.25) is 9.59 Å². The Labute approximate surface area is 175 Å². The normalized spacial score (nSPS) is 13.9. The van der Waals surface area contributed by atoms with Gasteiger partial charge in [0.25, 0.3) is 11.8 Å². The molecule has 0 unspecified atom stereocenters. The Bertz CT molecular complexity index is 1010. The van der Waals surface area contributed by atoms with Gasteiger partial charge < -0.3 is 19.3 Å². The van der Waals surface area contributed by atoms with Crippen molar-refractivity contribution < 1.29 is 19.1 Å². The Hall–Kier alpha value is -3.54. The van der Waals surface area contributed by atoms with Crippen LogP contribution in [-0.4, -0.2) is 61.0 Å². The first-order valence-electron chi connectivity index (χ1n) is 10.0. The molecule has 0 spiro atoms. The number of amides is 2. The van der Waals surface area contributed by atoms with Crippen molar-refractivity contribution >= 4 is 22.6 Å². The van der Waals surface area contributed by atoms with E-state index in [1.54, 1.807) is 9.80 Å². The summed E-state index contributed by atoms with van der Waals surface area (Å²) in [5.41, 5.74) is 0. The number of nitrogens with zero attached hydrogens (tertiary/aromatic N) is 2. The van der Waals surface area contributed by atoms with Crippen LogP contribution in [-0.2, 0) is 9.59 Å². The second-order valence-corrected chi connectivity index (χ2v) is 7.16. The van der Waals surface area contributed by atoms with Gasteiger partial charge in [0.1, 0.15) is 11.5 Å². The molecule has 1 heterocycles. The third-order valence-corrected chi connectivity index (χ3v) is 5.17. The minimum atomic E-state index is -0.0733. The standard InChI is InChI=1S/C24H24N2O4/c27-23(17-29-21-8-2-1-3-9-21)25-12-14-26(15-13-25)24(28)18-30-22-11-10-19-6-4-5-7-20(19)16-22/h1-11,16H,12-15,17-18H2. The quantitative estimate of drug-likeness (QED) is 0.634. The van der Waals surface area contributed by atoms with Gasteiger partial charge in [0.15, 0.2) is 13.2 Å². The number of hydrogen-bond acceptors (Lipinski definition) is 4. The van der Waals surface area contributed by atoms with Crippen LogP contribution < -0.4 is 9.47 Å². The average molecular weight is 404 g/mol. The molecule has 2 amide bonds. The first-order valence-corrected chi connectivity index (χ1v) is 10.0. The van der Waals surface area contributed by atoms with E-state index in [2.05, 4.69) is 0 Å².